The Kier molecular flexibility index (Phi) is 4.42. The van der Waals surface area contributed by atoms with Crippen LogP contribution in [0.15, 0.2) is 0 Å². The summed E-state index contributed by atoms with van der Waals surface area (Å²) in [5.74, 6) is -0.771. The topological polar surface area (TPSA) is 66.4 Å². The van der Waals surface area contributed by atoms with E-state index in [1.165, 1.54) is 0 Å². The van der Waals surface area contributed by atoms with Gasteiger partial charge in [-0.3, -0.25) is 4.79 Å². The van der Waals surface area contributed by atoms with Gasteiger partial charge in [0.25, 0.3) is 0 Å². The molecule has 0 atom stereocenters. The Morgan fingerprint density at radius 2 is 1.88 bits per heavy atom. The van der Waals surface area contributed by atoms with Crippen LogP contribution in [0.5, 0.6) is 0 Å². The van der Waals surface area contributed by atoms with Crippen LogP contribution < -0.4 is 5.32 Å². The fourth-order valence-corrected chi connectivity index (χ4v) is 2.26. The number of halogens is 1. The van der Waals surface area contributed by atoms with Crippen LogP contribution in [0.25, 0.3) is 0 Å². The molecule has 1 aliphatic rings. The molecule has 0 spiro atoms. The SMILES string of the molecule is CC(C)(CCl)CC(=O)NC1(C(=O)O)CCCC1. The Morgan fingerprint density at radius 1 is 1.35 bits per heavy atom. The van der Waals surface area contributed by atoms with E-state index in [1.807, 2.05) is 13.8 Å². The predicted octanol–water partition coefficient (Wildman–Crippen LogP) is 2.16. The molecule has 0 aromatic rings. The standard InChI is InChI=1S/C12H20ClNO3/c1-11(2,8-13)7-9(15)14-12(10(16)17)5-3-4-6-12/h3-8H2,1-2H3,(H,14,15)(H,16,17). The van der Waals surface area contributed by atoms with Crippen molar-refractivity contribution < 1.29 is 14.7 Å². The van der Waals surface area contributed by atoms with Crippen molar-refractivity contribution >= 4 is 23.5 Å². The first-order chi connectivity index (χ1) is 7.81. The lowest BCUT2D eigenvalue weighted by Crippen LogP contribution is -2.53. The van der Waals surface area contributed by atoms with Crippen LogP contribution in [0.4, 0.5) is 0 Å². The van der Waals surface area contributed by atoms with Crippen LogP contribution in [0, 0.1) is 5.41 Å². The quantitative estimate of drug-likeness (QED) is 0.746. The molecule has 0 aliphatic heterocycles. The number of carbonyl (C=O) groups is 2. The van der Waals surface area contributed by atoms with Crippen molar-refractivity contribution in [2.24, 2.45) is 5.41 Å². The third kappa shape index (κ3) is 3.60. The summed E-state index contributed by atoms with van der Waals surface area (Å²) in [6, 6.07) is 0. The zero-order chi connectivity index (χ0) is 13.1. The number of alkyl halides is 1. The molecule has 0 saturated heterocycles. The van der Waals surface area contributed by atoms with Gasteiger partial charge in [0.1, 0.15) is 5.54 Å². The van der Waals surface area contributed by atoms with Gasteiger partial charge in [0.2, 0.25) is 5.91 Å². The summed E-state index contributed by atoms with van der Waals surface area (Å²) < 4.78 is 0. The second-order valence-corrected chi connectivity index (χ2v) is 5.88. The minimum Gasteiger partial charge on any atom is -0.480 e. The Morgan fingerprint density at radius 3 is 2.29 bits per heavy atom. The number of carboxylic acid groups (broad SMARTS) is 1. The molecular formula is C12H20ClNO3. The smallest absolute Gasteiger partial charge is 0.329 e. The number of nitrogens with one attached hydrogen (secondary N) is 1. The van der Waals surface area contributed by atoms with Crippen LogP contribution in [-0.4, -0.2) is 28.4 Å². The molecule has 0 aromatic carbocycles. The van der Waals surface area contributed by atoms with Gasteiger partial charge in [0.15, 0.2) is 0 Å². The van der Waals surface area contributed by atoms with Crippen molar-refractivity contribution in [3.8, 4) is 0 Å². The lowest BCUT2D eigenvalue weighted by molar-refractivity contribution is -0.147. The Labute approximate surface area is 107 Å². The molecule has 0 bridgehead atoms. The van der Waals surface area contributed by atoms with Crippen molar-refractivity contribution in [3.05, 3.63) is 0 Å². The van der Waals surface area contributed by atoms with Gasteiger partial charge in [-0.25, -0.2) is 4.79 Å². The molecule has 0 aromatic heterocycles. The second-order valence-electron chi connectivity index (χ2n) is 5.62. The second kappa shape index (κ2) is 5.25. The van der Waals surface area contributed by atoms with E-state index < -0.39 is 11.5 Å². The fraction of sp³-hybridized carbons (Fsp3) is 0.833. The van der Waals surface area contributed by atoms with E-state index in [-0.39, 0.29) is 17.7 Å². The average Bonchev–Trinajstić information content (AvgIpc) is 2.66. The zero-order valence-corrected chi connectivity index (χ0v) is 11.1. The molecule has 5 heteroatoms. The largest absolute Gasteiger partial charge is 0.480 e. The molecular weight excluding hydrogens is 242 g/mol. The minimum absolute atomic E-state index is 0.222. The van der Waals surface area contributed by atoms with Gasteiger partial charge in [-0.1, -0.05) is 26.7 Å². The summed E-state index contributed by atoms with van der Waals surface area (Å²) in [5.41, 5.74) is -1.34. The minimum atomic E-state index is -1.04. The molecule has 1 fully saturated rings. The van der Waals surface area contributed by atoms with Gasteiger partial charge < -0.3 is 10.4 Å². The van der Waals surface area contributed by atoms with Gasteiger partial charge in [-0.15, -0.1) is 11.6 Å². The van der Waals surface area contributed by atoms with Gasteiger partial charge >= 0.3 is 5.97 Å². The molecule has 0 heterocycles. The van der Waals surface area contributed by atoms with Gasteiger partial charge in [-0.05, 0) is 18.3 Å². The van der Waals surface area contributed by atoms with Gasteiger partial charge in [-0.2, -0.15) is 0 Å². The third-order valence-corrected chi connectivity index (χ3v) is 3.97. The molecule has 1 amide bonds. The van der Waals surface area contributed by atoms with Crippen molar-refractivity contribution in [1.29, 1.82) is 0 Å². The van der Waals surface area contributed by atoms with E-state index in [2.05, 4.69) is 5.32 Å². The summed E-state index contributed by atoms with van der Waals surface area (Å²) >= 11 is 5.75. The monoisotopic (exact) mass is 261 g/mol. The van der Waals surface area contributed by atoms with Crippen molar-refractivity contribution in [2.75, 3.05) is 5.88 Å². The molecule has 0 radical (unpaired) electrons. The lowest BCUT2D eigenvalue weighted by atomic mass is 9.90. The first kappa shape index (κ1) is 14.3. The van der Waals surface area contributed by atoms with Crippen LogP contribution in [0.1, 0.15) is 46.0 Å². The van der Waals surface area contributed by atoms with Crippen LogP contribution in [0.3, 0.4) is 0 Å². The maximum Gasteiger partial charge on any atom is 0.329 e. The molecule has 1 saturated carbocycles. The first-order valence-corrected chi connectivity index (χ1v) is 6.45. The highest BCUT2D eigenvalue weighted by atomic mass is 35.5. The Hall–Kier alpha value is -0.770. The number of rotatable bonds is 5. The number of hydrogen-bond donors (Lipinski definition) is 2. The number of amides is 1. The number of carboxylic acids is 1. The average molecular weight is 262 g/mol. The predicted molar refractivity (Wildman–Crippen MR) is 66.1 cm³/mol. The van der Waals surface area contributed by atoms with Crippen LogP contribution >= 0.6 is 11.6 Å². The molecule has 0 unspecified atom stereocenters. The first-order valence-electron chi connectivity index (χ1n) is 5.92. The molecule has 1 rings (SSSR count). The van der Waals surface area contributed by atoms with Gasteiger partial charge in [0.05, 0.1) is 0 Å². The summed E-state index contributed by atoms with van der Waals surface area (Å²) in [6.45, 7) is 3.78. The number of hydrogen-bond acceptors (Lipinski definition) is 2. The summed E-state index contributed by atoms with van der Waals surface area (Å²) in [5, 5.41) is 11.9. The summed E-state index contributed by atoms with van der Waals surface area (Å²) in [7, 11) is 0. The van der Waals surface area contributed by atoms with Crippen LogP contribution in [0.2, 0.25) is 0 Å². The third-order valence-electron chi connectivity index (χ3n) is 3.25. The Bertz CT molecular complexity index is 309. The number of carbonyl (C=O) groups excluding carboxylic acids is 1. The van der Waals surface area contributed by atoms with E-state index in [9.17, 15) is 14.7 Å². The fourth-order valence-electron chi connectivity index (χ4n) is 2.16. The normalized spacial score (nSPS) is 19.0. The van der Waals surface area contributed by atoms with E-state index in [4.69, 9.17) is 11.6 Å². The van der Waals surface area contributed by atoms with E-state index >= 15 is 0 Å². The van der Waals surface area contributed by atoms with E-state index in [0.29, 0.717) is 18.7 Å². The maximum atomic E-state index is 11.9. The summed E-state index contributed by atoms with van der Waals surface area (Å²) in [4.78, 5) is 23.1. The molecule has 17 heavy (non-hydrogen) atoms. The van der Waals surface area contributed by atoms with Crippen LogP contribution in [-0.2, 0) is 9.59 Å². The highest BCUT2D eigenvalue weighted by Gasteiger charge is 2.42. The zero-order valence-electron chi connectivity index (χ0n) is 10.4. The van der Waals surface area contributed by atoms with E-state index in [1.54, 1.807) is 0 Å². The highest BCUT2D eigenvalue weighted by Crippen LogP contribution is 2.31. The maximum absolute atomic E-state index is 11.9. The van der Waals surface area contributed by atoms with Crippen molar-refractivity contribution in [2.45, 2.75) is 51.5 Å². The van der Waals surface area contributed by atoms with Crippen molar-refractivity contribution in [1.82, 2.24) is 5.32 Å². The van der Waals surface area contributed by atoms with Crippen molar-refractivity contribution in [3.63, 3.8) is 0 Å². The number of aliphatic carboxylic acids is 1. The molecule has 98 valence electrons. The lowest BCUT2D eigenvalue weighted by Gasteiger charge is -2.28. The molecule has 2 N–H and O–H groups in total. The molecule has 4 nitrogen and oxygen atoms in total. The van der Waals surface area contributed by atoms with Gasteiger partial charge in [0, 0.05) is 12.3 Å². The van der Waals surface area contributed by atoms with E-state index in [0.717, 1.165) is 12.8 Å². The molecule has 1 aliphatic carbocycles. The highest BCUT2D eigenvalue weighted by molar-refractivity contribution is 6.18. The Balaban J connectivity index is 2.63. The summed E-state index contributed by atoms with van der Waals surface area (Å²) in [6.07, 6.45) is 3.01.